The molecular formula is C15H15NO4. The molecular weight excluding hydrogens is 258 g/mol. The Morgan fingerprint density at radius 2 is 1.70 bits per heavy atom. The molecule has 2 aliphatic rings. The molecule has 2 heterocycles. The van der Waals surface area contributed by atoms with Crippen LogP contribution in [0.2, 0.25) is 0 Å². The predicted molar refractivity (Wildman–Crippen MR) is 72.2 cm³/mol. The topological polar surface area (TPSA) is 75.6 Å². The van der Waals surface area contributed by atoms with E-state index in [1.165, 1.54) is 0 Å². The van der Waals surface area contributed by atoms with Crippen LogP contribution >= 0.6 is 0 Å². The van der Waals surface area contributed by atoms with Crippen LogP contribution in [-0.2, 0) is 14.3 Å². The predicted octanol–water partition coefficient (Wildman–Crippen LogP) is 1.59. The van der Waals surface area contributed by atoms with E-state index in [-0.39, 0.29) is 5.91 Å². The molecule has 2 aliphatic heterocycles. The molecule has 0 radical (unpaired) electrons. The number of anilines is 1. The maximum absolute atomic E-state index is 12.3. The number of carbonyl (C=O) groups excluding carboxylic acids is 1. The lowest BCUT2D eigenvalue weighted by Crippen LogP contribution is -2.39. The smallest absolute Gasteiger partial charge is 0.310 e. The van der Waals surface area contributed by atoms with Crippen LogP contribution in [0.3, 0.4) is 0 Å². The van der Waals surface area contributed by atoms with Gasteiger partial charge >= 0.3 is 5.97 Å². The fourth-order valence-electron chi connectivity index (χ4n) is 2.78. The zero-order valence-corrected chi connectivity index (χ0v) is 10.9. The fraction of sp³-hybridized carbons (Fsp3) is 0.333. The van der Waals surface area contributed by atoms with Gasteiger partial charge in [-0.3, -0.25) is 9.59 Å². The Hall–Kier alpha value is -2.14. The third kappa shape index (κ3) is 2.10. The first kappa shape index (κ1) is 12.9. The molecule has 1 aromatic rings. The molecule has 0 aliphatic carbocycles. The SMILES string of the molecule is Cc1ccc(NC(=O)[C@H]2[C@@H](C(=O)O)[C@H]3C=C[C@H]2O3)cc1. The van der Waals surface area contributed by atoms with E-state index in [2.05, 4.69) is 5.32 Å². The quantitative estimate of drug-likeness (QED) is 0.820. The second-order valence-corrected chi connectivity index (χ2v) is 5.20. The number of carbonyl (C=O) groups is 2. The summed E-state index contributed by atoms with van der Waals surface area (Å²) in [5.74, 6) is -2.79. The molecule has 1 fully saturated rings. The van der Waals surface area contributed by atoms with Crippen LogP contribution < -0.4 is 5.32 Å². The van der Waals surface area contributed by atoms with Crippen molar-refractivity contribution in [3.63, 3.8) is 0 Å². The van der Waals surface area contributed by atoms with Crippen LogP contribution in [0.15, 0.2) is 36.4 Å². The van der Waals surface area contributed by atoms with Gasteiger partial charge in [-0.05, 0) is 19.1 Å². The van der Waals surface area contributed by atoms with Crippen molar-refractivity contribution in [2.24, 2.45) is 11.8 Å². The maximum atomic E-state index is 12.3. The van der Waals surface area contributed by atoms with Gasteiger partial charge in [0.25, 0.3) is 0 Å². The van der Waals surface area contributed by atoms with Gasteiger partial charge in [0.15, 0.2) is 0 Å². The van der Waals surface area contributed by atoms with Gasteiger partial charge in [-0.15, -0.1) is 0 Å². The molecule has 0 saturated carbocycles. The van der Waals surface area contributed by atoms with Crippen LogP contribution in [0.5, 0.6) is 0 Å². The molecule has 5 heteroatoms. The number of ether oxygens (including phenoxy) is 1. The third-order valence-corrected chi connectivity index (χ3v) is 3.81. The van der Waals surface area contributed by atoms with E-state index in [1.54, 1.807) is 24.3 Å². The highest BCUT2D eigenvalue weighted by Crippen LogP contribution is 2.39. The average Bonchev–Trinajstić information content (AvgIpc) is 3.01. The third-order valence-electron chi connectivity index (χ3n) is 3.81. The van der Waals surface area contributed by atoms with Crippen LogP contribution in [0.1, 0.15) is 5.56 Å². The van der Waals surface area contributed by atoms with Crippen molar-refractivity contribution in [2.75, 3.05) is 5.32 Å². The zero-order chi connectivity index (χ0) is 14.3. The first-order valence-electron chi connectivity index (χ1n) is 6.50. The second kappa shape index (κ2) is 4.76. The van der Waals surface area contributed by atoms with Crippen molar-refractivity contribution >= 4 is 17.6 Å². The minimum absolute atomic E-state index is 0.307. The number of nitrogens with one attached hydrogen (secondary N) is 1. The average molecular weight is 273 g/mol. The summed E-state index contributed by atoms with van der Waals surface area (Å²) in [6.45, 7) is 1.96. The molecule has 0 aromatic heterocycles. The number of aliphatic carboxylic acids is 1. The van der Waals surface area contributed by atoms with Gasteiger partial charge in [0.2, 0.25) is 5.91 Å². The van der Waals surface area contributed by atoms with Crippen LogP contribution in [-0.4, -0.2) is 29.2 Å². The van der Waals surface area contributed by atoms with Crippen molar-refractivity contribution < 1.29 is 19.4 Å². The minimum atomic E-state index is -0.995. The standard InChI is InChI=1S/C15H15NO4/c1-8-2-4-9(5-3-8)16-14(17)12-10-6-7-11(20-10)13(12)15(18)19/h2-7,10-13H,1H3,(H,16,17)(H,18,19)/t10-,11-,12-,13+/m1/s1. The Morgan fingerprint density at radius 3 is 2.30 bits per heavy atom. The summed E-state index contributed by atoms with van der Waals surface area (Å²) in [6, 6.07) is 7.38. The number of rotatable bonds is 3. The Labute approximate surface area is 116 Å². The molecule has 1 amide bonds. The molecule has 104 valence electrons. The molecule has 2 bridgehead atoms. The number of amides is 1. The monoisotopic (exact) mass is 273 g/mol. The largest absolute Gasteiger partial charge is 0.481 e. The summed E-state index contributed by atoms with van der Waals surface area (Å²) in [5.41, 5.74) is 1.76. The molecule has 1 saturated heterocycles. The Balaban J connectivity index is 1.78. The maximum Gasteiger partial charge on any atom is 0.310 e. The summed E-state index contributed by atoms with van der Waals surface area (Å²) in [6.07, 6.45) is 2.56. The first-order chi connectivity index (χ1) is 9.56. The molecule has 0 unspecified atom stereocenters. The number of hydrogen-bond acceptors (Lipinski definition) is 3. The highest BCUT2D eigenvalue weighted by atomic mass is 16.5. The summed E-state index contributed by atoms with van der Waals surface area (Å²) in [4.78, 5) is 23.6. The van der Waals surface area contributed by atoms with Gasteiger partial charge in [0.1, 0.15) is 5.92 Å². The van der Waals surface area contributed by atoms with Gasteiger partial charge in [0, 0.05) is 5.69 Å². The number of hydrogen-bond donors (Lipinski definition) is 2. The van der Waals surface area contributed by atoms with E-state index in [0.29, 0.717) is 5.69 Å². The lowest BCUT2D eigenvalue weighted by Gasteiger charge is -2.21. The number of carboxylic acids is 1. The van der Waals surface area contributed by atoms with E-state index in [9.17, 15) is 14.7 Å². The Morgan fingerprint density at radius 1 is 1.10 bits per heavy atom. The molecule has 3 rings (SSSR count). The molecule has 1 aromatic carbocycles. The van der Waals surface area contributed by atoms with Crippen LogP contribution in [0.4, 0.5) is 5.69 Å². The molecule has 5 nitrogen and oxygen atoms in total. The van der Waals surface area contributed by atoms with E-state index in [4.69, 9.17) is 4.74 Å². The molecule has 2 N–H and O–H groups in total. The molecule has 4 atom stereocenters. The number of fused-ring (bicyclic) bond motifs is 2. The fourth-order valence-corrected chi connectivity index (χ4v) is 2.78. The minimum Gasteiger partial charge on any atom is -0.481 e. The summed E-state index contributed by atoms with van der Waals surface area (Å²) in [5, 5.41) is 12.0. The highest BCUT2D eigenvalue weighted by Gasteiger charge is 2.53. The van der Waals surface area contributed by atoms with E-state index < -0.39 is 30.0 Å². The Kier molecular flexibility index (Phi) is 3.06. The van der Waals surface area contributed by atoms with Crippen molar-refractivity contribution in [3.8, 4) is 0 Å². The summed E-state index contributed by atoms with van der Waals surface area (Å²) in [7, 11) is 0. The molecule has 0 spiro atoms. The van der Waals surface area contributed by atoms with E-state index >= 15 is 0 Å². The normalized spacial score (nSPS) is 30.4. The lowest BCUT2D eigenvalue weighted by molar-refractivity contribution is -0.145. The van der Waals surface area contributed by atoms with E-state index in [1.807, 2.05) is 19.1 Å². The van der Waals surface area contributed by atoms with Gasteiger partial charge in [-0.25, -0.2) is 0 Å². The van der Waals surface area contributed by atoms with Gasteiger partial charge in [0.05, 0.1) is 18.1 Å². The number of aryl methyl sites for hydroxylation is 1. The number of benzene rings is 1. The van der Waals surface area contributed by atoms with Crippen LogP contribution in [0, 0.1) is 18.8 Å². The van der Waals surface area contributed by atoms with Crippen molar-refractivity contribution in [1.82, 2.24) is 0 Å². The number of carboxylic acid groups (broad SMARTS) is 1. The highest BCUT2D eigenvalue weighted by molar-refractivity contribution is 5.96. The molecule has 20 heavy (non-hydrogen) atoms. The lowest BCUT2D eigenvalue weighted by atomic mass is 9.82. The zero-order valence-electron chi connectivity index (χ0n) is 10.9. The summed E-state index contributed by atoms with van der Waals surface area (Å²) >= 11 is 0. The Bertz CT molecular complexity index is 578. The van der Waals surface area contributed by atoms with Crippen molar-refractivity contribution in [2.45, 2.75) is 19.1 Å². The van der Waals surface area contributed by atoms with E-state index in [0.717, 1.165) is 5.56 Å². The first-order valence-corrected chi connectivity index (χ1v) is 6.50. The second-order valence-electron chi connectivity index (χ2n) is 5.20. The summed E-state index contributed by atoms with van der Waals surface area (Å²) < 4.78 is 5.48. The van der Waals surface area contributed by atoms with Crippen LogP contribution in [0.25, 0.3) is 0 Å². The van der Waals surface area contributed by atoms with Gasteiger partial charge < -0.3 is 15.2 Å². The van der Waals surface area contributed by atoms with Gasteiger partial charge in [-0.1, -0.05) is 29.8 Å². The van der Waals surface area contributed by atoms with Gasteiger partial charge in [-0.2, -0.15) is 0 Å². The van der Waals surface area contributed by atoms with Crippen molar-refractivity contribution in [1.29, 1.82) is 0 Å². The van der Waals surface area contributed by atoms with Crippen molar-refractivity contribution in [3.05, 3.63) is 42.0 Å².